The maximum Gasteiger partial charge on any atom is 0.336 e. The minimum Gasteiger partial charge on any atom is -0.460 e. The molecular weight excluding hydrogens is 426 g/mol. The number of aryl methyl sites for hydroxylation is 1. The van der Waals surface area contributed by atoms with Crippen molar-refractivity contribution in [1.29, 1.82) is 0 Å². The van der Waals surface area contributed by atoms with Crippen LogP contribution in [0, 0.1) is 17.0 Å². The molecule has 0 fully saturated rings. The van der Waals surface area contributed by atoms with Crippen LogP contribution in [0.25, 0.3) is 17.0 Å². The minimum atomic E-state index is -0.692. The van der Waals surface area contributed by atoms with Gasteiger partial charge in [-0.05, 0) is 48.4 Å². The first-order valence-electron chi connectivity index (χ1n) is 9.83. The number of ether oxygens (including phenoxy) is 2. The van der Waals surface area contributed by atoms with Gasteiger partial charge >= 0.3 is 5.97 Å². The van der Waals surface area contributed by atoms with Gasteiger partial charge in [0.05, 0.1) is 10.3 Å². The monoisotopic (exact) mass is 443 g/mol. The van der Waals surface area contributed by atoms with Crippen molar-refractivity contribution in [3.05, 3.63) is 111 Å². The Labute approximate surface area is 187 Å². The summed E-state index contributed by atoms with van der Waals surface area (Å²) in [5.74, 6) is 0.0368. The van der Waals surface area contributed by atoms with Crippen LogP contribution < -0.4 is 14.9 Å². The Balaban J connectivity index is 1.50. The molecule has 0 saturated heterocycles. The zero-order chi connectivity index (χ0) is 23.4. The second-order valence-electron chi connectivity index (χ2n) is 7.11. The smallest absolute Gasteiger partial charge is 0.336 e. The van der Waals surface area contributed by atoms with Crippen LogP contribution in [-0.4, -0.2) is 10.9 Å². The molecule has 8 heteroatoms. The molecule has 0 amide bonds. The average molecular weight is 443 g/mol. The molecule has 4 aromatic rings. The number of benzene rings is 3. The Hall–Kier alpha value is -4.72. The number of esters is 1. The molecule has 0 bridgehead atoms. The Bertz CT molecular complexity index is 1450. The number of hydrogen-bond donors (Lipinski definition) is 0. The summed E-state index contributed by atoms with van der Waals surface area (Å²) in [5.41, 5.74) is 1.25. The highest BCUT2D eigenvalue weighted by atomic mass is 16.6. The largest absolute Gasteiger partial charge is 0.460 e. The topological polar surface area (TPSA) is 109 Å². The lowest BCUT2D eigenvalue weighted by atomic mass is 10.2. The van der Waals surface area contributed by atoms with Crippen molar-refractivity contribution in [3.8, 4) is 17.2 Å². The molecule has 164 valence electrons. The summed E-state index contributed by atoms with van der Waals surface area (Å²) >= 11 is 0. The Kier molecular flexibility index (Phi) is 5.99. The molecule has 0 N–H and O–H groups in total. The van der Waals surface area contributed by atoms with Crippen molar-refractivity contribution in [1.82, 2.24) is 0 Å². The molecule has 0 unspecified atom stereocenters. The van der Waals surface area contributed by atoms with E-state index in [1.54, 1.807) is 18.2 Å². The van der Waals surface area contributed by atoms with E-state index >= 15 is 0 Å². The molecule has 1 aromatic heterocycles. The molecule has 1 heterocycles. The van der Waals surface area contributed by atoms with Gasteiger partial charge in [-0.2, -0.15) is 0 Å². The molecule has 0 aliphatic carbocycles. The van der Waals surface area contributed by atoms with Crippen molar-refractivity contribution < 1.29 is 23.6 Å². The molecule has 0 saturated carbocycles. The van der Waals surface area contributed by atoms with Crippen molar-refractivity contribution in [2.75, 3.05) is 0 Å². The van der Waals surface area contributed by atoms with E-state index < -0.39 is 10.9 Å². The number of nitro benzene ring substituents is 1. The SMILES string of the molecule is Cc1cccc(Oc2coc3cc(OC(=O)/C=C/c4cccc([N+](=O)[O-])c4)ccc3c2=O)c1. The van der Waals surface area contributed by atoms with E-state index in [2.05, 4.69) is 0 Å². The highest BCUT2D eigenvalue weighted by molar-refractivity contribution is 5.89. The molecule has 33 heavy (non-hydrogen) atoms. The third-order valence-corrected chi connectivity index (χ3v) is 4.64. The van der Waals surface area contributed by atoms with Crippen LogP contribution in [0.2, 0.25) is 0 Å². The summed E-state index contributed by atoms with van der Waals surface area (Å²) < 4.78 is 16.4. The highest BCUT2D eigenvalue weighted by Crippen LogP contribution is 2.24. The zero-order valence-electron chi connectivity index (χ0n) is 17.4. The van der Waals surface area contributed by atoms with E-state index in [1.165, 1.54) is 48.7 Å². The molecule has 0 spiro atoms. The van der Waals surface area contributed by atoms with Gasteiger partial charge in [-0.3, -0.25) is 14.9 Å². The molecule has 3 aromatic carbocycles. The number of carbonyl (C=O) groups excluding carboxylic acids is 1. The molecular formula is C25H17NO7. The summed E-state index contributed by atoms with van der Waals surface area (Å²) in [6.45, 7) is 1.91. The first-order chi connectivity index (χ1) is 15.9. The van der Waals surface area contributed by atoms with Crippen molar-refractivity contribution in [2.24, 2.45) is 0 Å². The van der Waals surface area contributed by atoms with Gasteiger partial charge in [0, 0.05) is 24.3 Å². The fraction of sp³-hybridized carbons (Fsp3) is 0.0400. The summed E-state index contributed by atoms with van der Waals surface area (Å²) in [7, 11) is 0. The zero-order valence-corrected chi connectivity index (χ0v) is 17.4. The van der Waals surface area contributed by atoms with Gasteiger partial charge in [0.2, 0.25) is 11.2 Å². The lowest BCUT2D eigenvalue weighted by molar-refractivity contribution is -0.384. The van der Waals surface area contributed by atoms with Gasteiger partial charge < -0.3 is 13.9 Å². The molecule has 0 atom stereocenters. The number of nitrogens with zero attached hydrogens (tertiary/aromatic N) is 1. The van der Waals surface area contributed by atoms with Gasteiger partial charge in [-0.1, -0.05) is 24.3 Å². The number of carbonyl (C=O) groups is 1. The van der Waals surface area contributed by atoms with Gasteiger partial charge in [-0.25, -0.2) is 4.79 Å². The second-order valence-corrected chi connectivity index (χ2v) is 7.11. The predicted molar refractivity (Wildman–Crippen MR) is 122 cm³/mol. The molecule has 0 radical (unpaired) electrons. The van der Waals surface area contributed by atoms with E-state index in [1.807, 2.05) is 19.1 Å². The molecule has 4 rings (SSSR count). The number of non-ortho nitro benzene ring substituents is 1. The Morgan fingerprint density at radius 1 is 1.03 bits per heavy atom. The van der Waals surface area contributed by atoms with Gasteiger partial charge in [0.15, 0.2) is 0 Å². The first kappa shape index (κ1) is 21.5. The van der Waals surface area contributed by atoms with Crippen molar-refractivity contribution in [3.63, 3.8) is 0 Å². The van der Waals surface area contributed by atoms with Crippen LogP contribution >= 0.6 is 0 Å². The summed E-state index contributed by atoms with van der Waals surface area (Å²) in [6.07, 6.45) is 3.77. The average Bonchev–Trinajstić information content (AvgIpc) is 2.80. The number of hydrogen-bond acceptors (Lipinski definition) is 7. The van der Waals surface area contributed by atoms with E-state index in [0.717, 1.165) is 11.6 Å². The fourth-order valence-electron chi connectivity index (χ4n) is 3.09. The minimum absolute atomic E-state index is 0.0396. The molecule has 0 aliphatic rings. The van der Waals surface area contributed by atoms with Crippen LogP contribution in [0.1, 0.15) is 11.1 Å². The Morgan fingerprint density at radius 2 is 1.85 bits per heavy atom. The van der Waals surface area contributed by atoms with Crippen LogP contribution in [0.15, 0.2) is 88.3 Å². The number of nitro groups is 1. The van der Waals surface area contributed by atoms with Crippen molar-refractivity contribution in [2.45, 2.75) is 6.92 Å². The Morgan fingerprint density at radius 3 is 2.64 bits per heavy atom. The van der Waals surface area contributed by atoms with Crippen LogP contribution in [0.4, 0.5) is 5.69 Å². The lowest BCUT2D eigenvalue weighted by Gasteiger charge is -2.07. The molecule has 8 nitrogen and oxygen atoms in total. The number of fused-ring (bicyclic) bond motifs is 1. The predicted octanol–water partition coefficient (Wildman–Crippen LogP) is 5.42. The van der Waals surface area contributed by atoms with E-state index in [4.69, 9.17) is 13.9 Å². The third kappa shape index (κ3) is 5.13. The van der Waals surface area contributed by atoms with Crippen LogP contribution in [-0.2, 0) is 4.79 Å². The summed E-state index contributed by atoms with van der Waals surface area (Å²) in [5, 5.41) is 11.1. The lowest BCUT2D eigenvalue weighted by Crippen LogP contribution is -2.06. The maximum atomic E-state index is 12.7. The highest BCUT2D eigenvalue weighted by Gasteiger charge is 2.12. The van der Waals surface area contributed by atoms with Gasteiger partial charge in [0.25, 0.3) is 5.69 Å². The summed E-state index contributed by atoms with van der Waals surface area (Å²) in [4.78, 5) is 35.2. The van der Waals surface area contributed by atoms with E-state index in [0.29, 0.717) is 11.3 Å². The van der Waals surface area contributed by atoms with Crippen molar-refractivity contribution >= 4 is 28.7 Å². The quantitative estimate of drug-likeness (QED) is 0.129. The van der Waals surface area contributed by atoms with E-state index in [-0.39, 0.29) is 33.6 Å². The normalized spacial score (nSPS) is 10.9. The number of rotatable bonds is 6. The van der Waals surface area contributed by atoms with E-state index in [9.17, 15) is 19.7 Å². The maximum absolute atomic E-state index is 12.7. The second kappa shape index (κ2) is 9.19. The first-order valence-corrected chi connectivity index (χ1v) is 9.83. The standard InChI is InChI=1S/C25H17NO7/c1-16-4-2-7-19(12-16)32-23-15-31-22-14-20(9-10-21(22)25(23)28)33-24(27)11-8-17-5-3-6-18(13-17)26(29)30/h2-15H,1H3/b11-8+. The van der Waals surface area contributed by atoms with Crippen LogP contribution in [0.3, 0.4) is 0 Å². The third-order valence-electron chi connectivity index (χ3n) is 4.64. The summed E-state index contributed by atoms with van der Waals surface area (Å²) in [6, 6.07) is 17.5. The van der Waals surface area contributed by atoms with Gasteiger partial charge in [-0.15, -0.1) is 0 Å². The van der Waals surface area contributed by atoms with Crippen LogP contribution in [0.5, 0.6) is 17.2 Å². The van der Waals surface area contributed by atoms with Gasteiger partial charge in [0.1, 0.15) is 23.3 Å². The fourth-order valence-corrected chi connectivity index (χ4v) is 3.09. The molecule has 0 aliphatic heterocycles.